The molecule has 4 aromatic rings. The molecule has 2 aromatic heterocycles. The molecule has 0 atom stereocenters. The smallest absolute Gasteiger partial charge is 0.267 e. The topological polar surface area (TPSA) is 104 Å². The van der Waals surface area contributed by atoms with E-state index in [2.05, 4.69) is 10.5 Å². The Balaban J connectivity index is 1.39. The number of rotatable bonds is 9. The lowest BCUT2D eigenvalue weighted by molar-refractivity contribution is -0.118. The van der Waals surface area contributed by atoms with Crippen molar-refractivity contribution in [3.8, 4) is 22.9 Å². The number of thioether (sulfide) groups is 1. The molecule has 1 aliphatic rings. The number of carbonyl (C=O) groups is 1. The van der Waals surface area contributed by atoms with Crippen LogP contribution in [-0.2, 0) is 17.6 Å². The van der Waals surface area contributed by atoms with E-state index in [1.54, 1.807) is 35.1 Å². The molecular formula is C29H30N4O5S2. The minimum absolute atomic E-state index is 0.0231. The lowest BCUT2D eigenvalue weighted by Crippen LogP contribution is -2.24. The summed E-state index contributed by atoms with van der Waals surface area (Å²) in [6.45, 7) is 2.00. The molecule has 9 nitrogen and oxygen atoms in total. The minimum atomic E-state index is -0.337. The zero-order valence-electron chi connectivity index (χ0n) is 22.8. The van der Waals surface area contributed by atoms with Gasteiger partial charge in [-0.1, -0.05) is 29.5 Å². The van der Waals surface area contributed by atoms with Crippen LogP contribution in [0.4, 0.5) is 0 Å². The monoisotopic (exact) mass is 578 g/mol. The molecular weight excluding hydrogens is 548 g/mol. The van der Waals surface area contributed by atoms with Crippen LogP contribution in [0, 0.1) is 6.92 Å². The quantitative estimate of drug-likeness (QED) is 0.130. The van der Waals surface area contributed by atoms with E-state index in [9.17, 15) is 9.59 Å². The Labute approximate surface area is 240 Å². The van der Waals surface area contributed by atoms with Crippen LogP contribution in [0.2, 0.25) is 0 Å². The molecule has 0 fully saturated rings. The van der Waals surface area contributed by atoms with Gasteiger partial charge in [0.25, 0.3) is 11.5 Å². The van der Waals surface area contributed by atoms with Crippen molar-refractivity contribution in [1.82, 2.24) is 15.0 Å². The number of amides is 1. The average Bonchev–Trinajstić information content (AvgIpc) is 3.35. The molecule has 0 unspecified atom stereocenters. The van der Waals surface area contributed by atoms with Crippen LogP contribution in [0.1, 0.15) is 34.4 Å². The largest absolute Gasteiger partial charge is 0.496 e. The van der Waals surface area contributed by atoms with Crippen molar-refractivity contribution >= 4 is 45.4 Å². The van der Waals surface area contributed by atoms with Crippen LogP contribution in [-0.4, -0.2) is 48.8 Å². The molecule has 5 rings (SSSR count). The van der Waals surface area contributed by atoms with Crippen LogP contribution >= 0.6 is 23.1 Å². The Kier molecular flexibility index (Phi) is 8.41. The van der Waals surface area contributed by atoms with E-state index in [1.807, 2.05) is 31.2 Å². The second-order valence-corrected chi connectivity index (χ2v) is 11.3. The van der Waals surface area contributed by atoms with Gasteiger partial charge in [-0.25, -0.2) is 10.4 Å². The maximum absolute atomic E-state index is 13.9. The van der Waals surface area contributed by atoms with Gasteiger partial charge in [0.2, 0.25) is 0 Å². The number of hydrogen-bond donors (Lipinski definition) is 1. The lowest BCUT2D eigenvalue weighted by atomic mass is 9.97. The van der Waals surface area contributed by atoms with Crippen molar-refractivity contribution in [3.05, 3.63) is 68.3 Å². The summed E-state index contributed by atoms with van der Waals surface area (Å²) in [6, 6.07) is 11.2. The summed E-state index contributed by atoms with van der Waals surface area (Å²) < 4.78 is 17.7. The number of thiophene rings is 1. The Morgan fingerprint density at radius 1 is 1.07 bits per heavy atom. The van der Waals surface area contributed by atoms with Crippen LogP contribution in [0.3, 0.4) is 0 Å². The highest BCUT2D eigenvalue weighted by Gasteiger charge is 2.23. The summed E-state index contributed by atoms with van der Waals surface area (Å²) in [5.41, 5.74) is 6.02. The Morgan fingerprint density at radius 3 is 2.50 bits per heavy atom. The van der Waals surface area contributed by atoms with E-state index in [4.69, 9.17) is 19.2 Å². The molecule has 1 N–H and O–H groups in total. The number of ether oxygens (including phenoxy) is 3. The molecule has 208 valence electrons. The highest BCUT2D eigenvalue weighted by Crippen LogP contribution is 2.36. The SMILES string of the molecule is COc1cc(OC)c(OC)cc1/C=N\NC(=O)CSc1nc2sc3c(c2c(=O)n1-c1ccc(C)cc1)CCCC3. The van der Waals surface area contributed by atoms with E-state index in [1.165, 1.54) is 37.1 Å². The van der Waals surface area contributed by atoms with E-state index < -0.39 is 0 Å². The number of aryl methyl sites for hydroxylation is 3. The number of nitrogens with one attached hydrogen (secondary N) is 1. The van der Waals surface area contributed by atoms with E-state index in [0.717, 1.165) is 47.3 Å². The fourth-order valence-electron chi connectivity index (χ4n) is 4.69. The number of carbonyl (C=O) groups excluding carboxylic acids is 1. The second kappa shape index (κ2) is 12.1. The molecule has 0 saturated carbocycles. The molecule has 40 heavy (non-hydrogen) atoms. The number of hydrazone groups is 1. The zero-order chi connectivity index (χ0) is 28.2. The van der Waals surface area contributed by atoms with Crippen LogP contribution < -0.4 is 25.2 Å². The second-order valence-electron chi connectivity index (χ2n) is 9.29. The first-order chi connectivity index (χ1) is 19.4. The molecule has 0 radical (unpaired) electrons. The maximum Gasteiger partial charge on any atom is 0.267 e. The third kappa shape index (κ3) is 5.57. The van der Waals surface area contributed by atoms with Gasteiger partial charge in [0.15, 0.2) is 16.7 Å². The van der Waals surface area contributed by atoms with E-state index in [-0.39, 0.29) is 17.2 Å². The summed E-state index contributed by atoms with van der Waals surface area (Å²) in [6.07, 6.45) is 5.57. The lowest BCUT2D eigenvalue weighted by Gasteiger charge is -2.13. The summed E-state index contributed by atoms with van der Waals surface area (Å²) in [7, 11) is 4.62. The highest BCUT2D eigenvalue weighted by atomic mass is 32.2. The standard InChI is InChI=1S/C29H30N4O5S2/c1-17-9-11-19(12-10-17)33-28(35)26-20-7-5-6-8-24(20)40-27(26)31-29(33)39-16-25(34)32-30-15-18-13-22(37-3)23(38-4)14-21(18)36-2/h9-15H,5-8,16H2,1-4H3,(H,32,34)/b30-15-. The van der Waals surface area contributed by atoms with Gasteiger partial charge < -0.3 is 14.2 Å². The normalized spacial score (nSPS) is 12.9. The number of benzene rings is 2. The Bertz CT molecular complexity index is 1640. The number of hydrogen-bond acceptors (Lipinski definition) is 9. The molecule has 2 heterocycles. The molecule has 0 saturated heterocycles. The van der Waals surface area contributed by atoms with Crippen molar-refractivity contribution in [1.29, 1.82) is 0 Å². The van der Waals surface area contributed by atoms with Gasteiger partial charge in [-0.2, -0.15) is 5.10 Å². The van der Waals surface area contributed by atoms with E-state index >= 15 is 0 Å². The minimum Gasteiger partial charge on any atom is -0.496 e. The van der Waals surface area contributed by atoms with Crippen molar-refractivity contribution in [2.75, 3.05) is 27.1 Å². The van der Waals surface area contributed by atoms with Gasteiger partial charge >= 0.3 is 0 Å². The first-order valence-corrected chi connectivity index (χ1v) is 14.6. The first-order valence-electron chi connectivity index (χ1n) is 12.8. The van der Waals surface area contributed by atoms with Crippen molar-refractivity contribution in [2.45, 2.75) is 37.8 Å². The van der Waals surface area contributed by atoms with Crippen LogP contribution in [0.15, 0.2) is 51.5 Å². The molecule has 0 spiro atoms. The van der Waals surface area contributed by atoms with Crippen molar-refractivity contribution in [3.63, 3.8) is 0 Å². The number of fused-ring (bicyclic) bond motifs is 3. The predicted molar refractivity (Wildman–Crippen MR) is 159 cm³/mol. The van der Waals surface area contributed by atoms with Gasteiger partial charge in [-0.15, -0.1) is 11.3 Å². The van der Waals surface area contributed by atoms with E-state index in [0.29, 0.717) is 33.4 Å². The summed E-state index contributed by atoms with van der Waals surface area (Å²) in [5, 5.41) is 5.28. The summed E-state index contributed by atoms with van der Waals surface area (Å²) in [4.78, 5) is 33.5. The van der Waals surface area contributed by atoms with Crippen LogP contribution in [0.5, 0.6) is 17.2 Å². The summed E-state index contributed by atoms with van der Waals surface area (Å²) >= 11 is 2.80. The third-order valence-corrected chi connectivity index (χ3v) is 8.84. The number of methoxy groups -OCH3 is 3. The number of nitrogens with zero attached hydrogens (tertiary/aromatic N) is 3. The molecule has 0 bridgehead atoms. The van der Waals surface area contributed by atoms with Gasteiger partial charge in [-0.3, -0.25) is 14.2 Å². The first kappa shape index (κ1) is 27.7. The van der Waals surface area contributed by atoms with Gasteiger partial charge in [0.05, 0.1) is 44.4 Å². The van der Waals surface area contributed by atoms with Crippen molar-refractivity contribution in [2.24, 2.45) is 5.10 Å². The molecule has 1 amide bonds. The fourth-order valence-corrected chi connectivity index (χ4v) is 6.80. The number of aromatic nitrogens is 2. The van der Waals surface area contributed by atoms with Gasteiger partial charge in [0.1, 0.15) is 10.6 Å². The van der Waals surface area contributed by atoms with Crippen LogP contribution in [0.25, 0.3) is 15.9 Å². The molecule has 0 aliphatic heterocycles. The van der Waals surface area contributed by atoms with Gasteiger partial charge in [0, 0.05) is 16.5 Å². The molecule has 2 aromatic carbocycles. The Morgan fingerprint density at radius 2 is 1.77 bits per heavy atom. The maximum atomic E-state index is 13.9. The molecule has 1 aliphatic carbocycles. The Hall–Kier alpha value is -3.83. The van der Waals surface area contributed by atoms with Crippen molar-refractivity contribution < 1.29 is 19.0 Å². The summed E-state index contributed by atoms with van der Waals surface area (Å²) in [5.74, 6) is 1.24. The third-order valence-electron chi connectivity index (χ3n) is 6.71. The average molecular weight is 579 g/mol. The van der Waals surface area contributed by atoms with Gasteiger partial charge in [-0.05, 0) is 56.4 Å². The molecule has 11 heteroatoms. The fraction of sp³-hybridized carbons (Fsp3) is 0.310. The highest BCUT2D eigenvalue weighted by molar-refractivity contribution is 7.99. The zero-order valence-corrected chi connectivity index (χ0v) is 24.4. The predicted octanol–water partition coefficient (Wildman–Crippen LogP) is 4.90.